The van der Waals surface area contributed by atoms with Gasteiger partial charge in [-0.05, 0) is 122 Å². The van der Waals surface area contributed by atoms with Crippen LogP contribution in [0.1, 0.15) is 278 Å². The summed E-state index contributed by atoms with van der Waals surface area (Å²) in [4.78, 5) is 37.9. The maximum Gasteiger partial charge on any atom is 0.306 e. The molecule has 0 N–H and O–H groups in total. The summed E-state index contributed by atoms with van der Waals surface area (Å²) in [6, 6.07) is 0. The van der Waals surface area contributed by atoms with Gasteiger partial charge in [0.05, 0.1) is 0 Å². The van der Waals surface area contributed by atoms with Crippen molar-refractivity contribution in [3.8, 4) is 0 Å². The van der Waals surface area contributed by atoms with Gasteiger partial charge in [0, 0.05) is 19.3 Å². The molecule has 0 rings (SSSR count). The zero-order valence-electron chi connectivity index (χ0n) is 49.9. The molecule has 6 heteroatoms. The van der Waals surface area contributed by atoms with Crippen LogP contribution in [0.15, 0.2) is 134 Å². The van der Waals surface area contributed by atoms with Gasteiger partial charge in [-0.1, -0.05) is 270 Å². The number of hydrogen-bond acceptors (Lipinski definition) is 6. The summed E-state index contributed by atoms with van der Waals surface area (Å²) in [5.74, 6) is -0.915. The number of rotatable bonds is 56. The Morgan fingerprint density at radius 3 is 0.818 bits per heavy atom. The summed E-state index contributed by atoms with van der Waals surface area (Å²) in [7, 11) is 0. The molecular formula is C71H116O6. The lowest BCUT2D eigenvalue weighted by Gasteiger charge is -2.18. The third-order valence-corrected chi connectivity index (χ3v) is 13.1. The van der Waals surface area contributed by atoms with E-state index < -0.39 is 6.10 Å². The van der Waals surface area contributed by atoms with E-state index in [1.165, 1.54) is 103 Å². The fraction of sp³-hybridized carbons (Fsp3) is 0.648. The van der Waals surface area contributed by atoms with E-state index in [0.717, 1.165) is 135 Å². The number of carbonyl (C=O) groups is 3. The minimum atomic E-state index is -0.785. The number of hydrogen-bond donors (Lipinski definition) is 0. The van der Waals surface area contributed by atoms with E-state index in [2.05, 4.69) is 154 Å². The second-order valence-electron chi connectivity index (χ2n) is 20.6. The maximum atomic E-state index is 12.8. The van der Waals surface area contributed by atoms with E-state index >= 15 is 0 Å². The Kier molecular flexibility index (Phi) is 60.4. The number of allylic oxidation sites excluding steroid dienone is 22. The topological polar surface area (TPSA) is 78.9 Å². The Morgan fingerprint density at radius 2 is 0.506 bits per heavy atom. The van der Waals surface area contributed by atoms with Crippen molar-refractivity contribution in [1.29, 1.82) is 0 Å². The van der Waals surface area contributed by atoms with Crippen LogP contribution >= 0.6 is 0 Å². The van der Waals surface area contributed by atoms with Crippen molar-refractivity contribution in [1.82, 2.24) is 0 Å². The zero-order chi connectivity index (χ0) is 55.7. The molecule has 0 aromatic carbocycles. The molecule has 0 bridgehead atoms. The molecule has 0 spiro atoms. The summed E-state index contributed by atoms with van der Waals surface area (Å²) >= 11 is 0. The first kappa shape index (κ1) is 72.5. The van der Waals surface area contributed by atoms with E-state index in [4.69, 9.17) is 14.2 Å². The number of carbonyl (C=O) groups excluding carboxylic acids is 3. The summed E-state index contributed by atoms with van der Waals surface area (Å²) in [6.07, 6.45) is 90.7. The van der Waals surface area contributed by atoms with Gasteiger partial charge in [-0.2, -0.15) is 0 Å². The van der Waals surface area contributed by atoms with Crippen LogP contribution in [0, 0.1) is 0 Å². The maximum absolute atomic E-state index is 12.8. The molecule has 6 nitrogen and oxygen atoms in total. The quantitative estimate of drug-likeness (QED) is 0.0261. The second kappa shape index (κ2) is 64.1. The molecular weight excluding hydrogens is 949 g/mol. The predicted molar refractivity (Wildman–Crippen MR) is 334 cm³/mol. The molecule has 1 unspecified atom stereocenters. The van der Waals surface area contributed by atoms with Crippen molar-refractivity contribution in [3.63, 3.8) is 0 Å². The van der Waals surface area contributed by atoms with Crippen LogP contribution in [0.2, 0.25) is 0 Å². The Hall–Kier alpha value is -4.45. The molecule has 0 saturated carbocycles. The Bertz CT molecular complexity index is 1650. The van der Waals surface area contributed by atoms with Crippen molar-refractivity contribution in [2.24, 2.45) is 0 Å². The summed E-state index contributed by atoms with van der Waals surface area (Å²) in [5.41, 5.74) is 0. The van der Waals surface area contributed by atoms with Gasteiger partial charge < -0.3 is 14.2 Å². The van der Waals surface area contributed by atoms with Crippen molar-refractivity contribution < 1.29 is 28.6 Å². The van der Waals surface area contributed by atoms with Gasteiger partial charge in [-0.15, -0.1) is 0 Å². The van der Waals surface area contributed by atoms with Gasteiger partial charge >= 0.3 is 17.9 Å². The third-order valence-electron chi connectivity index (χ3n) is 13.1. The van der Waals surface area contributed by atoms with Gasteiger partial charge in [0.1, 0.15) is 13.2 Å². The van der Waals surface area contributed by atoms with Crippen LogP contribution in [-0.2, 0) is 28.6 Å². The van der Waals surface area contributed by atoms with Gasteiger partial charge in [0.15, 0.2) is 6.10 Å². The summed E-state index contributed by atoms with van der Waals surface area (Å²) in [5, 5.41) is 0. The average Bonchev–Trinajstić information content (AvgIpc) is 3.43. The summed E-state index contributed by atoms with van der Waals surface area (Å²) < 4.78 is 16.7. The molecule has 0 aliphatic heterocycles. The van der Waals surface area contributed by atoms with Gasteiger partial charge in [-0.3, -0.25) is 14.4 Å². The predicted octanol–water partition coefficient (Wildman–Crippen LogP) is 21.8. The molecule has 0 aliphatic carbocycles. The molecule has 0 aromatic rings. The standard InChI is InChI=1S/C71H116O6/c1-4-7-10-13-15-17-19-21-23-25-27-28-29-30-31-32-33-34-35-36-37-38-39-40-41-42-44-45-47-49-51-53-55-58-61-64-70(73)76-67-68(66-75-69(72)63-60-57-12-9-6-3)77-71(74)65-62-59-56-54-52-50-48-46-43-26-24-22-20-18-16-14-11-8-5-2/h7,10,15-18,21-24,27-28,30-31,33-34,36-37,39-40,42,44,68H,4-6,8-9,11-14,19-20,25-26,29,32,35,38,41,43,45-67H2,1-3H3/b10-7-,17-15-,18-16-,23-21-,24-22-,28-27-,31-30-,34-33-,37-36-,40-39-,44-42-. The second-order valence-corrected chi connectivity index (χ2v) is 20.6. The van der Waals surface area contributed by atoms with Crippen LogP contribution in [0.3, 0.4) is 0 Å². The van der Waals surface area contributed by atoms with Crippen molar-refractivity contribution in [3.05, 3.63) is 134 Å². The SMILES string of the molecule is CC/C=C\C/C=C\C/C=C\C/C=C\C/C=C\C/C=C\C/C=C\C/C=C\C/C=C\CCCCCCCCCC(=O)OCC(COC(=O)CCCCCCC)OC(=O)CCCCCCCCCCC/C=C\C/C=C\CCCCC. The average molecular weight is 1070 g/mol. The normalized spacial score (nSPS) is 13.0. The monoisotopic (exact) mass is 1060 g/mol. The van der Waals surface area contributed by atoms with E-state index in [0.29, 0.717) is 19.3 Å². The highest BCUT2D eigenvalue weighted by Gasteiger charge is 2.19. The first-order valence-electron chi connectivity index (χ1n) is 31.7. The molecule has 0 fully saturated rings. The Balaban J connectivity index is 4.09. The van der Waals surface area contributed by atoms with Crippen molar-refractivity contribution in [2.75, 3.05) is 13.2 Å². The molecule has 436 valence electrons. The molecule has 0 amide bonds. The highest BCUT2D eigenvalue weighted by Crippen LogP contribution is 2.15. The number of esters is 3. The van der Waals surface area contributed by atoms with Crippen LogP contribution in [-0.4, -0.2) is 37.2 Å². The van der Waals surface area contributed by atoms with Crippen LogP contribution < -0.4 is 0 Å². The van der Waals surface area contributed by atoms with Gasteiger partial charge in [0.2, 0.25) is 0 Å². The minimum Gasteiger partial charge on any atom is -0.462 e. The van der Waals surface area contributed by atoms with Gasteiger partial charge in [0.25, 0.3) is 0 Å². The van der Waals surface area contributed by atoms with E-state index in [9.17, 15) is 14.4 Å². The van der Waals surface area contributed by atoms with Crippen molar-refractivity contribution >= 4 is 17.9 Å². The lowest BCUT2D eigenvalue weighted by atomic mass is 10.1. The number of unbranched alkanes of at least 4 members (excludes halogenated alkanes) is 23. The smallest absolute Gasteiger partial charge is 0.306 e. The fourth-order valence-electron chi connectivity index (χ4n) is 8.41. The van der Waals surface area contributed by atoms with E-state index in [1.54, 1.807) is 0 Å². The van der Waals surface area contributed by atoms with Crippen LogP contribution in [0.5, 0.6) is 0 Å². The zero-order valence-corrected chi connectivity index (χ0v) is 49.9. The molecule has 0 heterocycles. The van der Waals surface area contributed by atoms with Crippen molar-refractivity contribution in [2.45, 2.75) is 284 Å². The Labute approximate surface area is 475 Å². The molecule has 77 heavy (non-hydrogen) atoms. The third kappa shape index (κ3) is 62.3. The lowest BCUT2D eigenvalue weighted by molar-refractivity contribution is -0.167. The van der Waals surface area contributed by atoms with Crippen LogP contribution in [0.4, 0.5) is 0 Å². The largest absolute Gasteiger partial charge is 0.462 e. The first-order chi connectivity index (χ1) is 38.0. The highest BCUT2D eigenvalue weighted by molar-refractivity contribution is 5.71. The molecule has 0 aliphatic rings. The molecule has 1 atom stereocenters. The lowest BCUT2D eigenvalue weighted by Crippen LogP contribution is -2.30. The van der Waals surface area contributed by atoms with Crippen LogP contribution in [0.25, 0.3) is 0 Å². The fourth-order valence-corrected chi connectivity index (χ4v) is 8.41. The highest BCUT2D eigenvalue weighted by atomic mass is 16.6. The molecule has 0 aromatic heterocycles. The minimum absolute atomic E-state index is 0.0857. The summed E-state index contributed by atoms with van der Waals surface area (Å²) in [6.45, 7) is 6.41. The number of ether oxygens (including phenoxy) is 3. The van der Waals surface area contributed by atoms with Gasteiger partial charge in [-0.25, -0.2) is 0 Å². The first-order valence-corrected chi connectivity index (χ1v) is 31.7. The molecule has 0 saturated heterocycles. The Morgan fingerprint density at radius 1 is 0.273 bits per heavy atom. The van der Waals surface area contributed by atoms with E-state index in [-0.39, 0.29) is 31.1 Å². The molecule has 0 radical (unpaired) electrons. The van der Waals surface area contributed by atoms with E-state index in [1.807, 2.05) is 0 Å².